The molecule has 0 saturated heterocycles. The normalized spacial score (nSPS) is 11.8. The standard InChI is InChI=1S/C20H14N4.C10H16N2O8/c1-2-14-10-16-5-6-18(23-16)12-20-8-7-19(24-20)11-17-4-3-15(22-17)9-13(1)21-14;13-7(14)3-11(4-8(15)16)1-2-12(5-9(17)18)6-10(19)20/h1-12,21-22H;1-6H2,(H,13,14)(H,15,16)(H,17,18)(H,19,20). The Morgan fingerprint density at radius 1 is 0.500 bits per heavy atom. The number of H-pyrrole nitrogens is 2. The lowest BCUT2D eigenvalue weighted by Crippen LogP contribution is -2.43. The van der Waals surface area contributed by atoms with Gasteiger partial charge in [0.2, 0.25) is 0 Å². The Morgan fingerprint density at radius 2 is 0.795 bits per heavy atom. The Bertz CT molecular complexity index is 1620. The fourth-order valence-corrected chi connectivity index (χ4v) is 4.42. The van der Waals surface area contributed by atoms with Crippen LogP contribution in [-0.2, 0) is 19.2 Å². The number of carbonyl (C=O) groups is 4. The number of nitrogens with zero attached hydrogens (tertiary/aromatic N) is 4. The van der Waals surface area contributed by atoms with Gasteiger partial charge in [-0.15, -0.1) is 0 Å². The van der Waals surface area contributed by atoms with Crippen molar-refractivity contribution in [3.63, 3.8) is 0 Å². The molecule has 3 aromatic rings. The van der Waals surface area contributed by atoms with Gasteiger partial charge in [0.1, 0.15) is 0 Å². The van der Waals surface area contributed by atoms with Crippen molar-refractivity contribution in [3.8, 4) is 0 Å². The van der Waals surface area contributed by atoms with Gasteiger partial charge < -0.3 is 30.4 Å². The van der Waals surface area contributed by atoms with Crippen LogP contribution in [0.15, 0.2) is 48.5 Å². The molecule has 0 unspecified atom stereocenters. The highest BCUT2D eigenvalue weighted by atomic mass is 16.4. The molecule has 0 saturated carbocycles. The van der Waals surface area contributed by atoms with E-state index < -0.39 is 50.1 Å². The lowest BCUT2D eigenvalue weighted by Gasteiger charge is -2.23. The third-order valence-electron chi connectivity index (χ3n) is 6.21. The molecule has 0 aliphatic carbocycles. The van der Waals surface area contributed by atoms with Gasteiger partial charge in [-0.05, 0) is 72.8 Å². The summed E-state index contributed by atoms with van der Waals surface area (Å²) in [7, 11) is 0. The number of aromatic amines is 2. The Hall–Kier alpha value is -5.60. The maximum atomic E-state index is 10.6. The molecule has 0 radical (unpaired) electrons. The average Bonchev–Trinajstić information content (AvgIpc) is 3.73. The molecule has 3 aromatic heterocycles. The predicted octanol–water partition coefficient (Wildman–Crippen LogP) is 2.58. The van der Waals surface area contributed by atoms with Gasteiger partial charge in [0.15, 0.2) is 0 Å². The van der Waals surface area contributed by atoms with E-state index in [2.05, 4.69) is 50.3 Å². The number of carboxylic acids is 4. The summed E-state index contributed by atoms with van der Waals surface area (Å²) >= 11 is 0. The molecule has 6 N–H and O–H groups in total. The van der Waals surface area contributed by atoms with Crippen molar-refractivity contribution in [3.05, 3.63) is 71.3 Å². The van der Waals surface area contributed by atoms with Gasteiger partial charge in [0, 0.05) is 35.2 Å². The third-order valence-corrected chi connectivity index (χ3v) is 6.21. The molecular weight excluding hydrogens is 572 g/mol. The minimum absolute atomic E-state index is 0.0703. The van der Waals surface area contributed by atoms with Crippen LogP contribution in [0.1, 0.15) is 22.8 Å². The van der Waals surface area contributed by atoms with Gasteiger partial charge in [-0.25, -0.2) is 9.97 Å². The van der Waals surface area contributed by atoms with Crippen LogP contribution in [0.2, 0.25) is 0 Å². The highest BCUT2D eigenvalue weighted by molar-refractivity contribution is 5.77. The Labute approximate surface area is 250 Å². The minimum atomic E-state index is -1.23. The Kier molecular flexibility index (Phi) is 10.3. The van der Waals surface area contributed by atoms with Crippen molar-refractivity contribution in [2.75, 3.05) is 39.3 Å². The van der Waals surface area contributed by atoms with Crippen molar-refractivity contribution >= 4 is 70.2 Å². The minimum Gasteiger partial charge on any atom is -0.480 e. The van der Waals surface area contributed by atoms with E-state index in [9.17, 15) is 19.2 Å². The number of hydrogen-bond donors (Lipinski definition) is 6. The van der Waals surface area contributed by atoms with E-state index in [0.29, 0.717) is 0 Å². The van der Waals surface area contributed by atoms with Crippen LogP contribution in [0.3, 0.4) is 0 Å². The first-order valence-electron chi connectivity index (χ1n) is 13.4. The van der Waals surface area contributed by atoms with Crippen LogP contribution >= 0.6 is 0 Å². The molecular formula is C30H30N6O8. The molecule has 0 atom stereocenters. The highest BCUT2D eigenvalue weighted by Gasteiger charge is 2.18. The summed E-state index contributed by atoms with van der Waals surface area (Å²) in [5, 5.41) is 34.5. The SMILES string of the molecule is C1=Cc2cc3ccc(cc4ccc(cc5nc(cc1n2)C=C5)[nH]4)[nH]3.O=C(O)CN(CCN(CC(=O)O)CC(=O)O)CC(=O)O. The summed E-state index contributed by atoms with van der Waals surface area (Å²) in [6, 6.07) is 16.4. The van der Waals surface area contributed by atoms with Crippen molar-refractivity contribution < 1.29 is 39.6 Å². The summed E-state index contributed by atoms with van der Waals surface area (Å²) in [5.74, 6) is -4.91. The molecule has 14 heteroatoms. The van der Waals surface area contributed by atoms with Crippen molar-refractivity contribution in [1.82, 2.24) is 29.7 Å². The third kappa shape index (κ3) is 10.0. The summed E-state index contributed by atoms with van der Waals surface area (Å²) in [6.45, 7) is -2.25. The van der Waals surface area contributed by atoms with E-state index in [1.165, 1.54) is 0 Å². The number of fused-ring (bicyclic) bond motifs is 8. The first-order valence-corrected chi connectivity index (χ1v) is 13.4. The van der Waals surface area contributed by atoms with Crippen molar-refractivity contribution in [1.29, 1.82) is 0 Å². The zero-order valence-electron chi connectivity index (χ0n) is 23.4. The van der Waals surface area contributed by atoms with E-state index in [-0.39, 0.29) is 13.1 Å². The number of hydrogen-bond acceptors (Lipinski definition) is 8. The van der Waals surface area contributed by atoms with Crippen LogP contribution in [0, 0.1) is 0 Å². The highest BCUT2D eigenvalue weighted by Crippen LogP contribution is 2.17. The molecule has 44 heavy (non-hydrogen) atoms. The van der Waals surface area contributed by atoms with Gasteiger partial charge in [-0.1, -0.05) is 0 Å². The maximum absolute atomic E-state index is 10.6. The molecule has 5 rings (SSSR count). The summed E-state index contributed by atoms with van der Waals surface area (Å²) in [4.78, 5) is 60.4. The van der Waals surface area contributed by atoms with E-state index in [1.807, 2.05) is 42.5 Å². The van der Waals surface area contributed by atoms with Crippen LogP contribution in [0.5, 0.6) is 0 Å². The molecule has 0 aromatic carbocycles. The van der Waals surface area contributed by atoms with Crippen LogP contribution in [0.25, 0.3) is 46.4 Å². The zero-order valence-corrected chi connectivity index (χ0v) is 23.4. The second-order valence-electron chi connectivity index (χ2n) is 9.90. The fraction of sp³-hybridized carbons (Fsp3) is 0.200. The Balaban J connectivity index is 0.000000206. The van der Waals surface area contributed by atoms with Gasteiger partial charge in [0.25, 0.3) is 0 Å². The van der Waals surface area contributed by atoms with Crippen molar-refractivity contribution in [2.45, 2.75) is 0 Å². The van der Waals surface area contributed by atoms with Crippen LogP contribution in [0.4, 0.5) is 0 Å². The van der Waals surface area contributed by atoms with E-state index in [1.54, 1.807) is 0 Å². The lowest BCUT2D eigenvalue weighted by molar-refractivity contribution is -0.145. The maximum Gasteiger partial charge on any atom is 0.317 e. The molecule has 14 nitrogen and oxygen atoms in total. The fourth-order valence-electron chi connectivity index (χ4n) is 4.42. The first-order chi connectivity index (χ1) is 21.0. The molecule has 228 valence electrons. The number of aromatic nitrogens is 4. The summed E-state index contributed by atoms with van der Waals surface area (Å²) < 4.78 is 0. The van der Waals surface area contributed by atoms with E-state index >= 15 is 0 Å². The zero-order chi connectivity index (χ0) is 31.6. The number of nitrogens with one attached hydrogen (secondary N) is 2. The Morgan fingerprint density at radius 3 is 1.11 bits per heavy atom. The molecule has 2 aliphatic rings. The molecule has 0 spiro atoms. The predicted molar refractivity (Wildman–Crippen MR) is 162 cm³/mol. The average molecular weight is 603 g/mol. The van der Waals surface area contributed by atoms with Gasteiger partial charge in [-0.2, -0.15) is 0 Å². The second kappa shape index (κ2) is 14.5. The second-order valence-corrected chi connectivity index (χ2v) is 9.90. The van der Waals surface area contributed by atoms with Crippen LogP contribution < -0.4 is 0 Å². The lowest BCUT2D eigenvalue weighted by atomic mass is 10.3. The number of aliphatic carboxylic acids is 4. The molecule has 5 heterocycles. The molecule has 0 amide bonds. The number of rotatable bonds is 11. The summed E-state index contributed by atoms with van der Waals surface area (Å²) in [5.41, 5.74) is 7.86. The monoisotopic (exact) mass is 602 g/mol. The quantitative estimate of drug-likeness (QED) is 0.129. The van der Waals surface area contributed by atoms with E-state index in [4.69, 9.17) is 20.4 Å². The van der Waals surface area contributed by atoms with Crippen LogP contribution in [-0.4, -0.2) is 113 Å². The smallest absolute Gasteiger partial charge is 0.317 e. The van der Waals surface area contributed by atoms with E-state index in [0.717, 1.165) is 54.6 Å². The summed E-state index contributed by atoms with van der Waals surface area (Å²) in [6.07, 6.45) is 8.05. The largest absolute Gasteiger partial charge is 0.480 e. The van der Waals surface area contributed by atoms with Crippen molar-refractivity contribution in [2.24, 2.45) is 0 Å². The number of carboxylic acid groups (broad SMARTS) is 4. The molecule has 8 bridgehead atoms. The molecule has 2 aliphatic heterocycles. The van der Waals surface area contributed by atoms with Gasteiger partial charge in [0.05, 0.1) is 49.0 Å². The van der Waals surface area contributed by atoms with Gasteiger partial charge in [-0.3, -0.25) is 29.0 Å². The topological polar surface area (TPSA) is 213 Å². The molecule has 0 fully saturated rings. The van der Waals surface area contributed by atoms with Gasteiger partial charge >= 0.3 is 23.9 Å². The first kappa shape index (κ1) is 31.3.